The lowest BCUT2D eigenvalue weighted by Gasteiger charge is -2.61. The van der Waals surface area contributed by atoms with Gasteiger partial charge in [-0.2, -0.15) is 0 Å². The third kappa shape index (κ3) is 2.55. The lowest BCUT2D eigenvalue weighted by atomic mass is 9.46. The van der Waals surface area contributed by atoms with Crippen molar-refractivity contribution in [2.75, 3.05) is 0 Å². The highest BCUT2D eigenvalue weighted by molar-refractivity contribution is 8.03. The smallest absolute Gasteiger partial charge is 0.178 e. The number of alkyl halides is 1. The second-order valence-electron chi connectivity index (χ2n) is 9.48. The van der Waals surface area contributed by atoms with E-state index in [1.165, 1.54) is 15.9 Å². The SMILES string of the molecule is C[C@]12C=CC(=O)C=C1CC[C@H]1[C@@H]3CC=C(Sc4ccccc4)[C@@]3(C)C[C@H](O)C12F. The highest BCUT2D eigenvalue weighted by Gasteiger charge is 2.69. The molecular weight excluding hydrogens is 383 g/mol. The fraction of sp³-hybridized carbons (Fsp3) is 0.480. The summed E-state index contributed by atoms with van der Waals surface area (Å²) in [5.74, 6) is -0.119. The molecule has 1 aromatic carbocycles. The van der Waals surface area contributed by atoms with E-state index in [0.29, 0.717) is 12.8 Å². The lowest BCUT2D eigenvalue weighted by molar-refractivity contribution is -0.184. The van der Waals surface area contributed by atoms with Gasteiger partial charge in [0, 0.05) is 21.6 Å². The highest BCUT2D eigenvalue weighted by atomic mass is 32.2. The van der Waals surface area contributed by atoms with Crippen molar-refractivity contribution in [3.8, 4) is 0 Å². The van der Waals surface area contributed by atoms with Gasteiger partial charge < -0.3 is 5.11 Å². The molecule has 152 valence electrons. The van der Waals surface area contributed by atoms with Gasteiger partial charge in [0.1, 0.15) is 0 Å². The van der Waals surface area contributed by atoms with Crippen LogP contribution in [0, 0.1) is 22.7 Å². The van der Waals surface area contributed by atoms with Crippen LogP contribution in [0.4, 0.5) is 4.39 Å². The number of allylic oxidation sites excluding steroid dienone is 6. The summed E-state index contributed by atoms with van der Waals surface area (Å²) in [5.41, 5.74) is -2.01. The van der Waals surface area contributed by atoms with E-state index < -0.39 is 17.2 Å². The molecule has 0 heterocycles. The first-order valence-corrected chi connectivity index (χ1v) is 11.4. The van der Waals surface area contributed by atoms with Crippen molar-refractivity contribution in [1.82, 2.24) is 0 Å². The predicted molar refractivity (Wildman–Crippen MR) is 114 cm³/mol. The van der Waals surface area contributed by atoms with Crippen LogP contribution in [0.2, 0.25) is 0 Å². The van der Waals surface area contributed by atoms with E-state index in [2.05, 4.69) is 25.1 Å². The number of hydrogen-bond donors (Lipinski definition) is 1. The molecule has 0 radical (unpaired) electrons. The minimum absolute atomic E-state index is 0.0706. The molecule has 4 aliphatic carbocycles. The van der Waals surface area contributed by atoms with Crippen molar-refractivity contribution < 1.29 is 14.3 Å². The molecule has 0 aromatic heterocycles. The average molecular weight is 411 g/mol. The molecule has 2 nitrogen and oxygen atoms in total. The van der Waals surface area contributed by atoms with Crippen LogP contribution in [0.3, 0.4) is 0 Å². The summed E-state index contributed by atoms with van der Waals surface area (Å²) in [7, 11) is 0. The van der Waals surface area contributed by atoms with Crippen LogP contribution in [0.25, 0.3) is 0 Å². The van der Waals surface area contributed by atoms with Crippen LogP contribution < -0.4 is 0 Å². The maximum absolute atomic E-state index is 16.9. The number of rotatable bonds is 2. The molecule has 1 aromatic rings. The Morgan fingerprint density at radius 3 is 2.69 bits per heavy atom. The van der Waals surface area contributed by atoms with Crippen molar-refractivity contribution in [3.05, 3.63) is 65.1 Å². The van der Waals surface area contributed by atoms with Gasteiger partial charge in [-0.15, -0.1) is 0 Å². The summed E-state index contributed by atoms with van der Waals surface area (Å²) >= 11 is 1.76. The molecule has 6 atom stereocenters. The Bertz CT molecular complexity index is 951. The minimum Gasteiger partial charge on any atom is -0.390 e. The number of carbonyl (C=O) groups is 1. The van der Waals surface area contributed by atoms with Crippen LogP contribution in [0.15, 0.2) is 70.0 Å². The molecule has 4 heteroatoms. The Hall–Kier alpha value is -1.65. The van der Waals surface area contributed by atoms with E-state index >= 15 is 4.39 Å². The largest absolute Gasteiger partial charge is 0.390 e. The second kappa shape index (κ2) is 6.42. The highest BCUT2D eigenvalue weighted by Crippen LogP contribution is 2.69. The zero-order valence-corrected chi connectivity index (χ0v) is 17.7. The van der Waals surface area contributed by atoms with Gasteiger partial charge in [0.25, 0.3) is 0 Å². The summed E-state index contributed by atoms with van der Waals surface area (Å²) in [6, 6.07) is 10.3. The van der Waals surface area contributed by atoms with Gasteiger partial charge in [-0.1, -0.05) is 54.6 Å². The molecule has 5 rings (SSSR count). The molecule has 0 bridgehead atoms. The lowest BCUT2D eigenvalue weighted by Crippen LogP contribution is -2.66. The fourth-order valence-electron chi connectivity index (χ4n) is 6.52. The molecule has 1 unspecified atom stereocenters. The Kier molecular flexibility index (Phi) is 4.28. The summed E-state index contributed by atoms with van der Waals surface area (Å²) in [4.78, 5) is 14.3. The van der Waals surface area contributed by atoms with Gasteiger partial charge in [-0.05, 0) is 67.7 Å². The zero-order valence-electron chi connectivity index (χ0n) is 16.9. The molecule has 2 fully saturated rings. The number of aliphatic hydroxyl groups excluding tert-OH is 1. The summed E-state index contributed by atoms with van der Waals surface area (Å²) in [5, 5.41) is 11.3. The first kappa shape index (κ1) is 19.3. The maximum Gasteiger partial charge on any atom is 0.178 e. The predicted octanol–water partition coefficient (Wildman–Crippen LogP) is 5.64. The van der Waals surface area contributed by atoms with E-state index in [-0.39, 0.29) is 23.0 Å². The standard InChI is InChI=1S/C25H27FO2S/c1-23-15-21(28)25(26)20(9-8-16-14-17(27)12-13-24(16,25)2)19(23)10-11-22(23)29-18-6-4-3-5-7-18/h3-7,11-14,19-21,28H,8-10,15H2,1-2H3/t19-,20-,21-,23-,24-,25?/m0/s1. The number of ketones is 1. The molecule has 29 heavy (non-hydrogen) atoms. The molecule has 2 saturated carbocycles. The first-order chi connectivity index (χ1) is 13.8. The minimum atomic E-state index is -1.74. The van der Waals surface area contributed by atoms with Crippen molar-refractivity contribution >= 4 is 17.5 Å². The maximum atomic E-state index is 16.9. The van der Waals surface area contributed by atoms with Gasteiger partial charge in [0.2, 0.25) is 0 Å². The van der Waals surface area contributed by atoms with Crippen molar-refractivity contribution in [2.24, 2.45) is 22.7 Å². The summed E-state index contributed by atoms with van der Waals surface area (Å²) in [6.45, 7) is 4.09. The van der Waals surface area contributed by atoms with E-state index in [1.54, 1.807) is 23.9 Å². The summed E-state index contributed by atoms with van der Waals surface area (Å²) in [6.07, 6.45) is 8.71. The number of fused-ring (bicyclic) bond motifs is 5. The number of carbonyl (C=O) groups excluding carboxylic acids is 1. The van der Waals surface area contributed by atoms with Crippen molar-refractivity contribution in [2.45, 2.75) is 56.2 Å². The molecule has 0 spiro atoms. The normalized spacial score (nSPS) is 43.2. The summed E-state index contributed by atoms with van der Waals surface area (Å²) < 4.78 is 16.9. The Labute approximate surface area is 176 Å². The van der Waals surface area contributed by atoms with Crippen molar-refractivity contribution in [1.29, 1.82) is 0 Å². The van der Waals surface area contributed by atoms with E-state index in [1.807, 2.05) is 25.1 Å². The Morgan fingerprint density at radius 1 is 1.17 bits per heavy atom. The van der Waals surface area contributed by atoms with Gasteiger partial charge in [0.15, 0.2) is 11.5 Å². The van der Waals surface area contributed by atoms with Gasteiger partial charge in [-0.25, -0.2) is 4.39 Å². The van der Waals surface area contributed by atoms with Gasteiger partial charge in [-0.3, -0.25) is 4.79 Å². The van der Waals surface area contributed by atoms with Gasteiger partial charge >= 0.3 is 0 Å². The second-order valence-corrected chi connectivity index (χ2v) is 10.6. The topological polar surface area (TPSA) is 37.3 Å². The molecular formula is C25H27FO2S. The van der Waals surface area contributed by atoms with Crippen molar-refractivity contribution in [3.63, 3.8) is 0 Å². The molecule has 0 aliphatic heterocycles. The number of benzene rings is 1. The average Bonchev–Trinajstić information content (AvgIpc) is 3.00. The Balaban J connectivity index is 1.51. The van der Waals surface area contributed by atoms with Crippen LogP contribution in [0.1, 0.15) is 39.5 Å². The van der Waals surface area contributed by atoms with E-state index in [9.17, 15) is 9.90 Å². The monoisotopic (exact) mass is 410 g/mol. The zero-order chi connectivity index (χ0) is 20.4. The third-order valence-electron chi connectivity index (χ3n) is 8.12. The van der Waals surface area contributed by atoms with Crippen LogP contribution >= 0.6 is 11.8 Å². The molecule has 4 aliphatic rings. The molecule has 0 amide bonds. The number of hydrogen-bond acceptors (Lipinski definition) is 3. The van der Waals surface area contributed by atoms with E-state index in [0.717, 1.165) is 18.4 Å². The quantitative estimate of drug-likeness (QED) is 0.685. The number of aliphatic hydroxyl groups is 1. The third-order valence-corrected chi connectivity index (χ3v) is 9.48. The van der Waals surface area contributed by atoms with Gasteiger partial charge in [0.05, 0.1) is 6.10 Å². The molecule has 1 N–H and O–H groups in total. The molecule has 0 saturated heterocycles. The fourth-order valence-corrected chi connectivity index (χ4v) is 7.71. The van der Waals surface area contributed by atoms with Crippen LogP contribution in [-0.4, -0.2) is 22.7 Å². The Morgan fingerprint density at radius 2 is 1.93 bits per heavy atom. The first-order valence-electron chi connectivity index (χ1n) is 10.5. The van der Waals surface area contributed by atoms with E-state index in [4.69, 9.17) is 0 Å². The van der Waals surface area contributed by atoms with Crippen LogP contribution in [-0.2, 0) is 4.79 Å². The number of halogens is 1. The number of thioether (sulfide) groups is 1. The van der Waals surface area contributed by atoms with Crippen LogP contribution in [0.5, 0.6) is 0 Å².